The van der Waals surface area contributed by atoms with Crippen molar-refractivity contribution in [3.8, 4) is 0 Å². The highest BCUT2D eigenvalue weighted by atomic mass is 127. The fraction of sp³-hybridized carbons (Fsp3) is 0.286. The van der Waals surface area contributed by atoms with Crippen LogP contribution in [-0.4, -0.2) is 9.97 Å². The van der Waals surface area contributed by atoms with Gasteiger partial charge in [-0.2, -0.15) is 0 Å². The molecular formula is C14H18IN5. The van der Waals surface area contributed by atoms with E-state index >= 15 is 0 Å². The van der Waals surface area contributed by atoms with Crippen molar-refractivity contribution >= 4 is 39.9 Å². The van der Waals surface area contributed by atoms with E-state index < -0.39 is 0 Å². The lowest BCUT2D eigenvalue weighted by Gasteiger charge is -2.18. The molecule has 0 atom stereocenters. The molecule has 2 rings (SSSR count). The highest BCUT2D eigenvalue weighted by Crippen LogP contribution is 2.24. The van der Waals surface area contributed by atoms with Crippen LogP contribution in [0.5, 0.6) is 0 Å². The Labute approximate surface area is 132 Å². The van der Waals surface area contributed by atoms with E-state index in [2.05, 4.69) is 70.1 Å². The SMILES string of the molecule is CC(C)(C)c1nc(NN)cc(Nc2cccc(I)c2)n1. The van der Waals surface area contributed by atoms with Crippen LogP contribution in [0.1, 0.15) is 26.6 Å². The minimum absolute atomic E-state index is 0.144. The normalized spacial score (nSPS) is 11.2. The summed E-state index contributed by atoms with van der Waals surface area (Å²) in [5.74, 6) is 7.53. The molecule has 0 amide bonds. The molecule has 6 heteroatoms. The van der Waals surface area contributed by atoms with Crippen molar-refractivity contribution in [3.63, 3.8) is 0 Å². The minimum atomic E-state index is -0.144. The van der Waals surface area contributed by atoms with E-state index in [9.17, 15) is 0 Å². The fourth-order valence-electron chi connectivity index (χ4n) is 1.63. The zero-order valence-corrected chi connectivity index (χ0v) is 13.9. The monoisotopic (exact) mass is 383 g/mol. The van der Waals surface area contributed by atoms with Crippen molar-refractivity contribution < 1.29 is 0 Å². The molecule has 1 aromatic heterocycles. The van der Waals surface area contributed by atoms with Crippen LogP contribution in [0.3, 0.4) is 0 Å². The summed E-state index contributed by atoms with van der Waals surface area (Å²) in [4.78, 5) is 8.95. The number of hydrogen-bond acceptors (Lipinski definition) is 5. The zero-order chi connectivity index (χ0) is 14.8. The number of hydrazine groups is 1. The number of aromatic nitrogens is 2. The average Bonchev–Trinajstić information content (AvgIpc) is 2.37. The van der Waals surface area contributed by atoms with E-state index in [0.29, 0.717) is 5.82 Å². The summed E-state index contributed by atoms with van der Waals surface area (Å²) >= 11 is 2.28. The van der Waals surface area contributed by atoms with E-state index in [1.54, 1.807) is 6.07 Å². The molecule has 0 spiro atoms. The van der Waals surface area contributed by atoms with Gasteiger partial charge >= 0.3 is 0 Å². The molecular weight excluding hydrogens is 365 g/mol. The van der Waals surface area contributed by atoms with Gasteiger partial charge in [0.15, 0.2) is 0 Å². The first-order valence-electron chi connectivity index (χ1n) is 6.27. The van der Waals surface area contributed by atoms with Crippen molar-refractivity contribution in [3.05, 3.63) is 39.7 Å². The van der Waals surface area contributed by atoms with E-state index in [4.69, 9.17) is 5.84 Å². The first-order chi connectivity index (χ1) is 9.38. The molecule has 0 unspecified atom stereocenters. The molecule has 20 heavy (non-hydrogen) atoms. The molecule has 0 fully saturated rings. The molecule has 0 aliphatic rings. The van der Waals surface area contributed by atoms with Gasteiger partial charge in [0.2, 0.25) is 0 Å². The van der Waals surface area contributed by atoms with Gasteiger partial charge in [-0.3, -0.25) is 0 Å². The highest BCUT2D eigenvalue weighted by Gasteiger charge is 2.19. The van der Waals surface area contributed by atoms with Crippen molar-refractivity contribution in [2.45, 2.75) is 26.2 Å². The molecule has 4 N–H and O–H groups in total. The number of nitrogens with zero attached hydrogens (tertiary/aromatic N) is 2. The van der Waals surface area contributed by atoms with Crippen molar-refractivity contribution in [1.82, 2.24) is 9.97 Å². The first kappa shape index (κ1) is 15.0. The van der Waals surface area contributed by atoms with Gasteiger partial charge in [0.05, 0.1) is 0 Å². The largest absolute Gasteiger partial charge is 0.340 e. The van der Waals surface area contributed by atoms with Gasteiger partial charge < -0.3 is 10.7 Å². The number of nitrogens with one attached hydrogen (secondary N) is 2. The van der Waals surface area contributed by atoms with E-state index in [-0.39, 0.29) is 5.41 Å². The smallest absolute Gasteiger partial charge is 0.145 e. The van der Waals surface area contributed by atoms with Crippen LogP contribution >= 0.6 is 22.6 Å². The predicted molar refractivity (Wildman–Crippen MR) is 91.0 cm³/mol. The second-order valence-corrected chi connectivity index (χ2v) is 6.74. The summed E-state index contributed by atoms with van der Waals surface area (Å²) in [6.45, 7) is 6.20. The summed E-state index contributed by atoms with van der Waals surface area (Å²) in [6.07, 6.45) is 0. The Bertz CT molecular complexity index is 607. The molecule has 0 aliphatic heterocycles. The summed E-state index contributed by atoms with van der Waals surface area (Å²) < 4.78 is 1.16. The molecule has 106 valence electrons. The summed E-state index contributed by atoms with van der Waals surface area (Å²) in [5, 5.41) is 3.28. The number of anilines is 3. The molecule has 2 aromatic rings. The molecule has 1 heterocycles. The average molecular weight is 383 g/mol. The number of benzene rings is 1. The van der Waals surface area contributed by atoms with Crippen LogP contribution in [0, 0.1) is 3.57 Å². The molecule has 0 saturated heterocycles. The second kappa shape index (κ2) is 5.92. The number of nitrogen functional groups attached to an aromatic ring is 1. The Hall–Kier alpha value is -1.41. The highest BCUT2D eigenvalue weighted by molar-refractivity contribution is 14.1. The maximum atomic E-state index is 5.48. The maximum Gasteiger partial charge on any atom is 0.145 e. The van der Waals surface area contributed by atoms with Crippen LogP contribution in [0.4, 0.5) is 17.3 Å². The molecule has 0 radical (unpaired) electrons. The van der Waals surface area contributed by atoms with Crippen LogP contribution in [0.2, 0.25) is 0 Å². The lowest BCUT2D eigenvalue weighted by molar-refractivity contribution is 0.547. The maximum absolute atomic E-state index is 5.48. The van der Waals surface area contributed by atoms with Crippen LogP contribution < -0.4 is 16.6 Å². The minimum Gasteiger partial charge on any atom is -0.340 e. The Balaban J connectivity index is 2.36. The van der Waals surface area contributed by atoms with Crippen LogP contribution in [0.15, 0.2) is 30.3 Å². The van der Waals surface area contributed by atoms with Crippen molar-refractivity contribution in [2.24, 2.45) is 5.84 Å². The molecule has 1 aromatic carbocycles. The number of nitrogens with two attached hydrogens (primary N) is 1. The number of rotatable bonds is 3. The van der Waals surface area contributed by atoms with Crippen LogP contribution in [0.25, 0.3) is 0 Å². The van der Waals surface area contributed by atoms with Gasteiger partial charge in [0.25, 0.3) is 0 Å². The molecule has 5 nitrogen and oxygen atoms in total. The van der Waals surface area contributed by atoms with Crippen molar-refractivity contribution in [1.29, 1.82) is 0 Å². The third-order valence-electron chi connectivity index (χ3n) is 2.64. The number of hydrogen-bond donors (Lipinski definition) is 3. The number of halogens is 1. The molecule has 0 bridgehead atoms. The van der Waals surface area contributed by atoms with Gasteiger partial charge in [-0.05, 0) is 40.8 Å². The lowest BCUT2D eigenvalue weighted by Crippen LogP contribution is -2.19. The topological polar surface area (TPSA) is 75.9 Å². The summed E-state index contributed by atoms with van der Waals surface area (Å²) in [7, 11) is 0. The van der Waals surface area contributed by atoms with Gasteiger partial charge in [-0.15, -0.1) is 0 Å². The fourth-order valence-corrected chi connectivity index (χ4v) is 2.18. The van der Waals surface area contributed by atoms with E-state index in [0.717, 1.165) is 20.9 Å². The van der Waals surface area contributed by atoms with Gasteiger partial charge in [-0.1, -0.05) is 26.8 Å². The second-order valence-electron chi connectivity index (χ2n) is 5.49. The van der Waals surface area contributed by atoms with Gasteiger partial charge in [0, 0.05) is 20.7 Å². The Morgan fingerprint density at radius 1 is 1.10 bits per heavy atom. The zero-order valence-electron chi connectivity index (χ0n) is 11.7. The first-order valence-corrected chi connectivity index (χ1v) is 7.35. The third-order valence-corrected chi connectivity index (χ3v) is 3.31. The Kier molecular flexibility index (Phi) is 4.44. The summed E-state index contributed by atoms with van der Waals surface area (Å²) in [6, 6.07) is 9.87. The quantitative estimate of drug-likeness (QED) is 0.430. The van der Waals surface area contributed by atoms with E-state index in [1.165, 1.54) is 0 Å². The van der Waals surface area contributed by atoms with E-state index in [1.807, 2.05) is 18.2 Å². The standard InChI is InChI=1S/C14H18IN5/c1-14(2,3)13-18-11(8-12(19-13)20-16)17-10-6-4-5-9(15)7-10/h4-8H,16H2,1-3H3,(H2,17,18,19,20). The molecule has 0 saturated carbocycles. The van der Waals surface area contributed by atoms with Gasteiger partial charge in [0.1, 0.15) is 17.5 Å². The predicted octanol–water partition coefficient (Wildman–Crippen LogP) is 3.41. The summed E-state index contributed by atoms with van der Waals surface area (Å²) in [5.41, 5.74) is 3.42. The molecule has 0 aliphatic carbocycles. The Morgan fingerprint density at radius 3 is 2.40 bits per heavy atom. The van der Waals surface area contributed by atoms with Crippen molar-refractivity contribution in [2.75, 3.05) is 10.7 Å². The Morgan fingerprint density at radius 2 is 1.80 bits per heavy atom. The lowest BCUT2D eigenvalue weighted by atomic mass is 9.96. The van der Waals surface area contributed by atoms with Crippen LogP contribution in [-0.2, 0) is 5.41 Å². The van der Waals surface area contributed by atoms with Gasteiger partial charge in [-0.25, -0.2) is 15.8 Å². The third kappa shape index (κ3) is 3.80.